The first-order valence-electron chi connectivity index (χ1n) is 8.02. The second-order valence-corrected chi connectivity index (χ2v) is 5.98. The molecule has 0 radical (unpaired) electrons. The maximum absolute atomic E-state index is 13.2. The molecule has 1 fully saturated rings. The van der Waals surface area contributed by atoms with Crippen molar-refractivity contribution in [2.45, 2.75) is 13.1 Å². The molecule has 0 spiro atoms. The van der Waals surface area contributed by atoms with Gasteiger partial charge in [-0.2, -0.15) is 5.10 Å². The molecule has 5 nitrogen and oxygen atoms in total. The molecule has 24 heavy (non-hydrogen) atoms. The van der Waals surface area contributed by atoms with Crippen molar-refractivity contribution >= 4 is 0 Å². The molecule has 0 aliphatic carbocycles. The Morgan fingerprint density at radius 1 is 0.958 bits per heavy atom. The third-order valence-electron chi connectivity index (χ3n) is 4.21. The van der Waals surface area contributed by atoms with Gasteiger partial charge in [-0.25, -0.2) is 13.5 Å². The van der Waals surface area contributed by atoms with Gasteiger partial charge in [0.25, 0.3) is 5.56 Å². The van der Waals surface area contributed by atoms with Gasteiger partial charge in [-0.3, -0.25) is 14.6 Å². The molecule has 1 aliphatic heterocycles. The summed E-state index contributed by atoms with van der Waals surface area (Å²) in [7, 11) is 0. The van der Waals surface area contributed by atoms with Crippen LogP contribution >= 0.6 is 0 Å². The van der Waals surface area contributed by atoms with Crippen LogP contribution in [0.3, 0.4) is 0 Å². The zero-order chi connectivity index (χ0) is 16.9. The van der Waals surface area contributed by atoms with Gasteiger partial charge in [0, 0.05) is 57.6 Å². The first-order chi connectivity index (χ1) is 11.6. The Kier molecular flexibility index (Phi) is 5.32. The molecule has 1 saturated heterocycles. The molecule has 1 aromatic carbocycles. The number of aromatic nitrogens is 2. The fourth-order valence-electron chi connectivity index (χ4n) is 2.92. The number of hydrogen-bond acceptors (Lipinski definition) is 4. The summed E-state index contributed by atoms with van der Waals surface area (Å²) in [5.74, 6) is -1.08. The van der Waals surface area contributed by atoms with E-state index < -0.39 is 11.6 Å². The molecule has 0 bridgehead atoms. The summed E-state index contributed by atoms with van der Waals surface area (Å²) in [6.45, 7) is 5.25. The number of halogens is 2. The van der Waals surface area contributed by atoms with Crippen LogP contribution in [0, 0.1) is 11.6 Å². The highest BCUT2D eigenvalue weighted by atomic mass is 19.1. The minimum atomic E-state index is -0.538. The Hall–Kier alpha value is -2.12. The lowest BCUT2D eigenvalue weighted by atomic mass is 10.2. The van der Waals surface area contributed by atoms with Crippen LogP contribution in [-0.4, -0.2) is 52.3 Å². The molecule has 0 unspecified atom stereocenters. The van der Waals surface area contributed by atoms with E-state index in [0.29, 0.717) is 18.7 Å². The second kappa shape index (κ2) is 7.63. The summed E-state index contributed by atoms with van der Waals surface area (Å²) < 4.78 is 27.9. The van der Waals surface area contributed by atoms with Crippen molar-refractivity contribution in [3.05, 3.63) is 64.1 Å². The number of piperazine rings is 1. The van der Waals surface area contributed by atoms with Crippen LogP contribution in [0.15, 0.2) is 41.3 Å². The largest absolute Gasteiger partial charge is 0.299 e. The van der Waals surface area contributed by atoms with Crippen molar-refractivity contribution in [1.29, 1.82) is 0 Å². The standard InChI is InChI=1S/C17H20F2N4O/c18-15-10-14(11-16(19)12-15)13-22-6-4-21(5-7-22)8-9-23-17(24)2-1-3-20-23/h1-3,10-12H,4-9,13H2. The molecular weight excluding hydrogens is 314 g/mol. The first kappa shape index (κ1) is 16.7. The van der Waals surface area contributed by atoms with E-state index in [1.165, 1.54) is 22.9 Å². The van der Waals surface area contributed by atoms with E-state index in [1.54, 1.807) is 12.3 Å². The lowest BCUT2D eigenvalue weighted by Gasteiger charge is -2.34. The van der Waals surface area contributed by atoms with Gasteiger partial charge in [-0.15, -0.1) is 0 Å². The molecule has 1 aromatic heterocycles. The van der Waals surface area contributed by atoms with Crippen LogP contribution < -0.4 is 5.56 Å². The lowest BCUT2D eigenvalue weighted by molar-refractivity contribution is 0.122. The Morgan fingerprint density at radius 3 is 2.29 bits per heavy atom. The molecule has 3 rings (SSSR count). The first-order valence-corrected chi connectivity index (χ1v) is 8.02. The van der Waals surface area contributed by atoms with Crippen LogP contribution in [0.5, 0.6) is 0 Å². The van der Waals surface area contributed by atoms with E-state index in [4.69, 9.17) is 0 Å². The van der Waals surface area contributed by atoms with Crippen molar-refractivity contribution in [2.24, 2.45) is 0 Å². The predicted molar refractivity (Wildman–Crippen MR) is 86.6 cm³/mol. The molecule has 0 saturated carbocycles. The highest BCUT2D eigenvalue weighted by Crippen LogP contribution is 2.12. The number of hydrogen-bond donors (Lipinski definition) is 0. The predicted octanol–water partition coefficient (Wildman–Crippen LogP) is 1.34. The van der Waals surface area contributed by atoms with E-state index >= 15 is 0 Å². The third-order valence-corrected chi connectivity index (χ3v) is 4.21. The molecule has 1 aliphatic rings. The quantitative estimate of drug-likeness (QED) is 0.827. The van der Waals surface area contributed by atoms with E-state index in [0.717, 1.165) is 38.8 Å². The van der Waals surface area contributed by atoms with Crippen LogP contribution in [0.1, 0.15) is 5.56 Å². The zero-order valence-corrected chi connectivity index (χ0v) is 13.4. The van der Waals surface area contributed by atoms with Crippen LogP contribution in [0.25, 0.3) is 0 Å². The Morgan fingerprint density at radius 2 is 1.62 bits per heavy atom. The van der Waals surface area contributed by atoms with E-state index in [1.807, 2.05) is 0 Å². The molecular formula is C17H20F2N4O. The normalized spacial score (nSPS) is 16.4. The van der Waals surface area contributed by atoms with Crippen LogP contribution in [-0.2, 0) is 13.1 Å². The molecule has 2 heterocycles. The second-order valence-electron chi connectivity index (χ2n) is 5.98. The minimum absolute atomic E-state index is 0.0933. The number of nitrogens with zero attached hydrogens (tertiary/aromatic N) is 4. The van der Waals surface area contributed by atoms with Gasteiger partial charge >= 0.3 is 0 Å². The van der Waals surface area contributed by atoms with E-state index in [2.05, 4.69) is 14.9 Å². The van der Waals surface area contributed by atoms with E-state index in [-0.39, 0.29) is 5.56 Å². The molecule has 7 heteroatoms. The van der Waals surface area contributed by atoms with Gasteiger partial charge < -0.3 is 0 Å². The summed E-state index contributed by atoms with van der Waals surface area (Å²) in [6.07, 6.45) is 1.61. The minimum Gasteiger partial charge on any atom is -0.299 e. The number of benzene rings is 1. The van der Waals surface area contributed by atoms with Crippen LogP contribution in [0.2, 0.25) is 0 Å². The maximum Gasteiger partial charge on any atom is 0.266 e. The Bertz CT molecular complexity index is 721. The SMILES string of the molecule is O=c1cccnn1CCN1CCN(Cc2cc(F)cc(F)c2)CC1. The summed E-state index contributed by atoms with van der Waals surface area (Å²) in [6, 6.07) is 6.78. The van der Waals surface area contributed by atoms with Crippen molar-refractivity contribution in [3.63, 3.8) is 0 Å². The number of rotatable bonds is 5. The van der Waals surface area contributed by atoms with Crippen molar-refractivity contribution < 1.29 is 8.78 Å². The van der Waals surface area contributed by atoms with E-state index in [9.17, 15) is 13.6 Å². The van der Waals surface area contributed by atoms with Gasteiger partial charge in [-0.05, 0) is 23.8 Å². The van der Waals surface area contributed by atoms with Crippen molar-refractivity contribution in [2.75, 3.05) is 32.7 Å². The molecule has 128 valence electrons. The summed E-state index contributed by atoms with van der Waals surface area (Å²) in [5.41, 5.74) is 0.560. The summed E-state index contributed by atoms with van der Waals surface area (Å²) in [5, 5.41) is 4.05. The molecule has 0 atom stereocenters. The molecule has 0 N–H and O–H groups in total. The van der Waals surface area contributed by atoms with Crippen molar-refractivity contribution in [3.8, 4) is 0 Å². The average molecular weight is 334 g/mol. The highest BCUT2D eigenvalue weighted by Gasteiger charge is 2.17. The van der Waals surface area contributed by atoms with Gasteiger partial charge in [0.1, 0.15) is 11.6 Å². The third kappa shape index (κ3) is 4.46. The summed E-state index contributed by atoms with van der Waals surface area (Å²) in [4.78, 5) is 16.1. The zero-order valence-electron chi connectivity index (χ0n) is 13.4. The van der Waals surface area contributed by atoms with Crippen LogP contribution in [0.4, 0.5) is 8.78 Å². The maximum atomic E-state index is 13.2. The lowest BCUT2D eigenvalue weighted by Crippen LogP contribution is -2.47. The summed E-state index contributed by atoms with van der Waals surface area (Å²) >= 11 is 0. The fourth-order valence-corrected chi connectivity index (χ4v) is 2.92. The Balaban J connectivity index is 1.47. The molecule has 0 amide bonds. The topological polar surface area (TPSA) is 41.4 Å². The Labute approximate surface area is 139 Å². The smallest absolute Gasteiger partial charge is 0.266 e. The van der Waals surface area contributed by atoms with Gasteiger partial charge in [0.2, 0.25) is 0 Å². The molecule has 2 aromatic rings. The van der Waals surface area contributed by atoms with Crippen molar-refractivity contribution in [1.82, 2.24) is 19.6 Å². The van der Waals surface area contributed by atoms with Gasteiger partial charge in [0.05, 0.1) is 6.54 Å². The van der Waals surface area contributed by atoms with Gasteiger partial charge in [0.15, 0.2) is 0 Å². The monoisotopic (exact) mass is 334 g/mol. The average Bonchev–Trinajstić information content (AvgIpc) is 2.54. The fraction of sp³-hybridized carbons (Fsp3) is 0.412. The van der Waals surface area contributed by atoms with Gasteiger partial charge in [-0.1, -0.05) is 0 Å². The highest BCUT2D eigenvalue weighted by molar-refractivity contribution is 5.17.